The minimum atomic E-state index is 0.00827. The van der Waals surface area contributed by atoms with Crippen LogP contribution in [0.25, 0.3) is 22.2 Å². The number of nitrogens with two attached hydrogens (primary N) is 1. The molecule has 0 atom stereocenters. The summed E-state index contributed by atoms with van der Waals surface area (Å²) in [6.45, 7) is 5.06. The lowest BCUT2D eigenvalue weighted by atomic mass is 9.80. The first-order valence-corrected chi connectivity index (χ1v) is 12.2. The van der Waals surface area contributed by atoms with E-state index in [4.69, 9.17) is 10.5 Å². The Hall–Kier alpha value is -3.87. The minimum absolute atomic E-state index is 0.00827. The van der Waals surface area contributed by atoms with Gasteiger partial charge in [-0.05, 0) is 42.0 Å². The number of nitrogens with one attached hydrogen (secondary N) is 1. The van der Waals surface area contributed by atoms with E-state index in [1.165, 1.54) is 6.33 Å². The first-order valence-electron chi connectivity index (χ1n) is 12.2. The SMILES string of the molecule is CC(C)C(=O)NC[C@H]1C[C@@H](n2cc(-c3cccc(OCc4ccccc4)c3)c3c(N)ncnc32)C1. The van der Waals surface area contributed by atoms with E-state index in [1.54, 1.807) is 0 Å². The van der Waals surface area contributed by atoms with Crippen molar-refractivity contribution in [3.63, 3.8) is 0 Å². The van der Waals surface area contributed by atoms with Crippen molar-refractivity contribution >= 4 is 22.8 Å². The van der Waals surface area contributed by atoms with Crippen LogP contribution in [0.1, 0.15) is 38.3 Å². The lowest BCUT2D eigenvalue weighted by Crippen LogP contribution is -2.38. The highest BCUT2D eigenvalue weighted by atomic mass is 16.5. The summed E-state index contributed by atoms with van der Waals surface area (Å²) in [5.41, 5.74) is 10.3. The van der Waals surface area contributed by atoms with Crippen LogP contribution in [0.5, 0.6) is 5.75 Å². The number of anilines is 1. The number of hydrogen-bond donors (Lipinski definition) is 2. The molecule has 0 radical (unpaired) electrons. The summed E-state index contributed by atoms with van der Waals surface area (Å²) < 4.78 is 8.28. The highest BCUT2D eigenvalue weighted by Gasteiger charge is 2.32. The fourth-order valence-corrected chi connectivity index (χ4v) is 4.64. The van der Waals surface area contributed by atoms with E-state index in [1.807, 2.05) is 50.2 Å². The molecule has 3 N–H and O–H groups in total. The molecule has 1 saturated carbocycles. The van der Waals surface area contributed by atoms with Crippen LogP contribution in [0.15, 0.2) is 67.1 Å². The van der Waals surface area contributed by atoms with Crippen molar-refractivity contribution in [2.75, 3.05) is 12.3 Å². The van der Waals surface area contributed by atoms with Crippen LogP contribution in [0, 0.1) is 11.8 Å². The van der Waals surface area contributed by atoms with Gasteiger partial charge in [-0.1, -0.05) is 56.3 Å². The molecule has 0 aliphatic heterocycles. The molecule has 7 nitrogen and oxygen atoms in total. The van der Waals surface area contributed by atoms with E-state index in [-0.39, 0.29) is 11.8 Å². The number of hydrogen-bond acceptors (Lipinski definition) is 5. The maximum absolute atomic E-state index is 11.9. The number of ether oxygens (including phenoxy) is 1. The quantitative estimate of drug-likeness (QED) is 0.379. The third kappa shape index (κ3) is 4.85. The molecule has 1 fully saturated rings. The molecule has 7 heteroatoms. The predicted molar refractivity (Wildman–Crippen MR) is 138 cm³/mol. The molecule has 180 valence electrons. The second-order valence-electron chi connectivity index (χ2n) is 9.60. The molecule has 1 aliphatic rings. The Labute approximate surface area is 205 Å². The van der Waals surface area contributed by atoms with E-state index in [0.29, 0.717) is 24.4 Å². The second-order valence-corrected chi connectivity index (χ2v) is 9.60. The fraction of sp³-hybridized carbons (Fsp3) is 0.321. The van der Waals surface area contributed by atoms with Gasteiger partial charge in [0, 0.05) is 30.3 Å². The van der Waals surface area contributed by atoms with Crippen molar-refractivity contribution < 1.29 is 9.53 Å². The van der Waals surface area contributed by atoms with E-state index < -0.39 is 0 Å². The molecule has 35 heavy (non-hydrogen) atoms. The Morgan fingerprint density at radius 1 is 1.14 bits per heavy atom. The van der Waals surface area contributed by atoms with Gasteiger partial charge >= 0.3 is 0 Å². The van der Waals surface area contributed by atoms with Crippen molar-refractivity contribution in [3.8, 4) is 16.9 Å². The normalized spacial score (nSPS) is 17.3. The minimum Gasteiger partial charge on any atom is -0.489 e. The summed E-state index contributed by atoms with van der Waals surface area (Å²) in [7, 11) is 0. The molecule has 0 bridgehead atoms. The highest BCUT2D eigenvalue weighted by Crippen LogP contribution is 2.43. The molecule has 4 aromatic rings. The number of fused-ring (bicyclic) bond motifs is 1. The van der Waals surface area contributed by atoms with Gasteiger partial charge in [-0.3, -0.25) is 4.79 Å². The zero-order valence-electron chi connectivity index (χ0n) is 20.1. The van der Waals surface area contributed by atoms with Crippen LogP contribution in [0.4, 0.5) is 5.82 Å². The van der Waals surface area contributed by atoms with Gasteiger partial charge in [0.2, 0.25) is 5.91 Å². The van der Waals surface area contributed by atoms with E-state index >= 15 is 0 Å². The maximum Gasteiger partial charge on any atom is 0.222 e. The summed E-state index contributed by atoms with van der Waals surface area (Å²) >= 11 is 0. The van der Waals surface area contributed by atoms with Crippen LogP contribution < -0.4 is 15.8 Å². The number of carbonyl (C=O) groups is 1. The lowest BCUT2D eigenvalue weighted by molar-refractivity contribution is -0.124. The molecule has 2 heterocycles. The molecule has 0 unspecified atom stereocenters. The molecular weight excluding hydrogens is 438 g/mol. The van der Waals surface area contributed by atoms with Crippen LogP contribution in [0.2, 0.25) is 0 Å². The Kier molecular flexibility index (Phi) is 6.40. The van der Waals surface area contributed by atoms with E-state index in [0.717, 1.165) is 52.9 Å². The number of benzene rings is 2. The smallest absolute Gasteiger partial charge is 0.222 e. The number of amides is 1. The number of nitrogen functional groups attached to an aromatic ring is 1. The third-order valence-corrected chi connectivity index (χ3v) is 6.73. The largest absolute Gasteiger partial charge is 0.489 e. The van der Waals surface area contributed by atoms with E-state index in [9.17, 15) is 4.79 Å². The van der Waals surface area contributed by atoms with Gasteiger partial charge in [-0.25, -0.2) is 9.97 Å². The average Bonchev–Trinajstić information content (AvgIpc) is 3.23. The zero-order chi connectivity index (χ0) is 24.4. The molecule has 5 rings (SSSR count). The van der Waals surface area contributed by atoms with Crippen molar-refractivity contribution in [2.24, 2.45) is 11.8 Å². The highest BCUT2D eigenvalue weighted by molar-refractivity contribution is 6.00. The molecule has 1 amide bonds. The average molecular weight is 470 g/mol. The molecule has 0 saturated heterocycles. The first kappa shape index (κ1) is 22.9. The van der Waals surface area contributed by atoms with Gasteiger partial charge < -0.3 is 20.4 Å². The lowest BCUT2D eigenvalue weighted by Gasteiger charge is -2.36. The molecular formula is C28H31N5O2. The maximum atomic E-state index is 11.9. The number of aromatic nitrogens is 3. The van der Waals surface area contributed by atoms with Crippen LogP contribution in [0.3, 0.4) is 0 Å². The van der Waals surface area contributed by atoms with Gasteiger partial charge in [0.05, 0.1) is 5.39 Å². The van der Waals surface area contributed by atoms with Crippen LogP contribution in [-0.4, -0.2) is 27.0 Å². The van der Waals surface area contributed by atoms with Crippen molar-refractivity contribution in [1.82, 2.24) is 19.9 Å². The summed E-state index contributed by atoms with van der Waals surface area (Å²) in [5.74, 6) is 1.86. The van der Waals surface area contributed by atoms with Crippen LogP contribution in [-0.2, 0) is 11.4 Å². The second kappa shape index (κ2) is 9.78. The summed E-state index contributed by atoms with van der Waals surface area (Å²) in [5, 5.41) is 3.92. The van der Waals surface area contributed by atoms with Gasteiger partial charge in [-0.15, -0.1) is 0 Å². The summed E-state index contributed by atoms with van der Waals surface area (Å²) in [6, 6.07) is 18.5. The number of nitrogens with zero attached hydrogens (tertiary/aromatic N) is 3. The van der Waals surface area contributed by atoms with Crippen LogP contribution >= 0.6 is 0 Å². The van der Waals surface area contributed by atoms with Gasteiger partial charge in [0.1, 0.15) is 30.1 Å². The van der Waals surface area contributed by atoms with Gasteiger partial charge in [0.25, 0.3) is 0 Å². The molecule has 1 aliphatic carbocycles. The fourth-order valence-electron chi connectivity index (χ4n) is 4.64. The number of carbonyl (C=O) groups excluding carboxylic acids is 1. The summed E-state index contributed by atoms with van der Waals surface area (Å²) in [6.07, 6.45) is 5.65. The van der Waals surface area contributed by atoms with Crippen molar-refractivity contribution in [2.45, 2.75) is 39.3 Å². The van der Waals surface area contributed by atoms with Gasteiger partial charge in [0.15, 0.2) is 0 Å². The van der Waals surface area contributed by atoms with Crippen molar-refractivity contribution in [3.05, 3.63) is 72.7 Å². The summed E-state index contributed by atoms with van der Waals surface area (Å²) in [4.78, 5) is 20.8. The van der Waals surface area contributed by atoms with E-state index in [2.05, 4.69) is 44.2 Å². The first-order chi connectivity index (χ1) is 17.0. The number of rotatable bonds is 8. The predicted octanol–water partition coefficient (Wildman–Crippen LogP) is 4.98. The molecule has 0 spiro atoms. The molecule has 2 aromatic heterocycles. The Bertz CT molecular complexity index is 1330. The Morgan fingerprint density at radius 3 is 2.71 bits per heavy atom. The standard InChI is InChI=1S/C28H31N5O2/c1-18(2)28(34)30-14-20-11-22(12-20)33-15-24(25-26(29)31-17-32-27(25)33)21-9-6-10-23(13-21)35-16-19-7-4-3-5-8-19/h3-10,13,15,17-18,20,22H,11-12,14,16H2,1-2H3,(H,30,34)(H2,29,31,32)/t20-,22+. The third-order valence-electron chi connectivity index (χ3n) is 6.73. The zero-order valence-corrected chi connectivity index (χ0v) is 20.1. The topological polar surface area (TPSA) is 95.1 Å². The Morgan fingerprint density at radius 2 is 1.94 bits per heavy atom. The van der Waals surface area contributed by atoms with Crippen molar-refractivity contribution in [1.29, 1.82) is 0 Å². The monoisotopic (exact) mass is 469 g/mol. The molecule has 2 aromatic carbocycles. The van der Waals surface area contributed by atoms with Gasteiger partial charge in [-0.2, -0.15) is 0 Å². The Balaban J connectivity index is 1.37.